The van der Waals surface area contributed by atoms with E-state index in [-0.39, 0.29) is 30.0 Å². The van der Waals surface area contributed by atoms with Crippen molar-refractivity contribution in [1.29, 1.82) is 0 Å². The normalized spacial score (nSPS) is 22.5. The van der Waals surface area contributed by atoms with Gasteiger partial charge in [0, 0.05) is 25.1 Å². The van der Waals surface area contributed by atoms with E-state index >= 15 is 0 Å². The summed E-state index contributed by atoms with van der Waals surface area (Å²) in [5.41, 5.74) is -1.32. The summed E-state index contributed by atoms with van der Waals surface area (Å²) in [7, 11) is 0. The molecule has 0 N–H and O–H groups in total. The third-order valence-corrected chi connectivity index (χ3v) is 4.25. The van der Waals surface area contributed by atoms with Crippen LogP contribution in [0, 0.1) is 10.1 Å². The van der Waals surface area contributed by atoms with Crippen LogP contribution in [0.1, 0.15) is 44.0 Å². The zero-order valence-electron chi connectivity index (χ0n) is 14.4. The first-order chi connectivity index (χ1) is 11.6. The monoisotopic (exact) mass is 348 g/mol. The molecule has 1 spiro atoms. The molecule has 1 fully saturated rings. The van der Waals surface area contributed by atoms with E-state index < -0.39 is 22.2 Å². The van der Waals surface area contributed by atoms with Gasteiger partial charge in [0.1, 0.15) is 17.0 Å². The lowest BCUT2D eigenvalue weighted by Crippen LogP contribution is -2.46. The number of nitro groups is 1. The van der Waals surface area contributed by atoms with Crippen molar-refractivity contribution in [2.75, 3.05) is 13.1 Å². The number of ketones is 1. The Hall–Kier alpha value is -2.64. The average molecular weight is 348 g/mol. The van der Waals surface area contributed by atoms with Crippen molar-refractivity contribution in [3.05, 3.63) is 33.9 Å². The number of amides is 1. The maximum absolute atomic E-state index is 12.5. The predicted octanol–water partition coefficient (Wildman–Crippen LogP) is 2.94. The fourth-order valence-electron chi connectivity index (χ4n) is 3.15. The van der Waals surface area contributed by atoms with Crippen LogP contribution in [0.5, 0.6) is 5.75 Å². The van der Waals surface area contributed by atoms with Crippen molar-refractivity contribution in [1.82, 2.24) is 4.90 Å². The Morgan fingerprint density at radius 1 is 1.40 bits per heavy atom. The molecule has 0 aliphatic carbocycles. The van der Waals surface area contributed by atoms with Gasteiger partial charge in [-0.25, -0.2) is 4.79 Å². The number of hydrogen-bond donors (Lipinski definition) is 0. The highest BCUT2D eigenvalue weighted by molar-refractivity contribution is 6.01. The second-order valence-corrected chi connectivity index (χ2v) is 7.47. The summed E-state index contributed by atoms with van der Waals surface area (Å²) in [6, 6.07) is 4.00. The van der Waals surface area contributed by atoms with Crippen molar-refractivity contribution in [3.8, 4) is 5.75 Å². The quantitative estimate of drug-likeness (QED) is 0.571. The van der Waals surface area contributed by atoms with E-state index in [1.54, 1.807) is 20.8 Å². The molecule has 0 bridgehead atoms. The van der Waals surface area contributed by atoms with Gasteiger partial charge < -0.3 is 14.4 Å². The Labute approximate surface area is 144 Å². The van der Waals surface area contributed by atoms with Gasteiger partial charge in [-0.3, -0.25) is 14.9 Å². The summed E-state index contributed by atoms with van der Waals surface area (Å²) in [4.78, 5) is 36.6. The molecule has 0 unspecified atom stereocenters. The molecule has 0 radical (unpaired) electrons. The lowest BCUT2D eigenvalue weighted by molar-refractivity contribution is -0.384. The predicted molar refractivity (Wildman–Crippen MR) is 87.8 cm³/mol. The first-order valence-corrected chi connectivity index (χ1v) is 8.07. The highest BCUT2D eigenvalue weighted by Gasteiger charge is 2.48. The van der Waals surface area contributed by atoms with Gasteiger partial charge in [-0.1, -0.05) is 0 Å². The number of carbonyl (C=O) groups is 2. The molecule has 1 atom stereocenters. The lowest BCUT2D eigenvalue weighted by Gasteiger charge is -2.34. The third-order valence-electron chi connectivity index (χ3n) is 4.25. The third kappa shape index (κ3) is 3.42. The summed E-state index contributed by atoms with van der Waals surface area (Å²) >= 11 is 0. The van der Waals surface area contributed by atoms with Crippen LogP contribution in [0.25, 0.3) is 0 Å². The second-order valence-electron chi connectivity index (χ2n) is 7.47. The molecule has 1 amide bonds. The van der Waals surface area contributed by atoms with E-state index in [9.17, 15) is 19.7 Å². The van der Waals surface area contributed by atoms with Gasteiger partial charge in [0.25, 0.3) is 5.69 Å². The number of nitro benzene ring substituents is 1. The van der Waals surface area contributed by atoms with Gasteiger partial charge in [0.15, 0.2) is 5.78 Å². The topological polar surface area (TPSA) is 99.0 Å². The van der Waals surface area contributed by atoms with Crippen molar-refractivity contribution < 1.29 is 24.0 Å². The molecule has 2 aliphatic heterocycles. The molecule has 8 nitrogen and oxygen atoms in total. The standard InChI is InChI=1S/C17H20N2O6/c1-16(2,3)25-15(21)18-7-6-17(10-18)9-13(20)12-8-11(19(22)23)4-5-14(12)24-17/h4-5,8H,6-7,9-10H2,1-3H3/t17-/m1/s1. The van der Waals surface area contributed by atoms with Crippen LogP contribution in [0.3, 0.4) is 0 Å². The highest BCUT2D eigenvalue weighted by Crippen LogP contribution is 2.40. The molecule has 25 heavy (non-hydrogen) atoms. The summed E-state index contributed by atoms with van der Waals surface area (Å²) < 4.78 is 11.4. The first kappa shape index (κ1) is 17.2. The smallest absolute Gasteiger partial charge is 0.410 e. The fourth-order valence-corrected chi connectivity index (χ4v) is 3.15. The molecule has 1 saturated heterocycles. The number of rotatable bonds is 1. The van der Waals surface area contributed by atoms with E-state index in [1.165, 1.54) is 23.1 Å². The van der Waals surface area contributed by atoms with Crippen LogP contribution >= 0.6 is 0 Å². The number of carbonyl (C=O) groups excluding carboxylic acids is 2. The van der Waals surface area contributed by atoms with Gasteiger partial charge in [-0.15, -0.1) is 0 Å². The summed E-state index contributed by atoms with van der Waals surface area (Å²) in [5.74, 6) is 0.115. The Bertz CT molecular complexity index is 754. The zero-order chi connectivity index (χ0) is 18.4. The number of ether oxygens (including phenoxy) is 2. The van der Waals surface area contributed by atoms with Crippen LogP contribution in [0.4, 0.5) is 10.5 Å². The molecule has 0 aromatic heterocycles. The fraction of sp³-hybridized carbons (Fsp3) is 0.529. The number of nitrogens with zero attached hydrogens (tertiary/aromatic N) is 2. The van der Waals surface area contributed by atoms with Gasteiger partial charge in [-0.05, 0) is 26.8 Å². The van der Waals surface area contributed by atoms with E-state index in [0.29, 0.717) is 18.7 Å². The molecule has 8 heteroatoms. The summed E-state index contributed by atoms with van der Waals surface area (Å²) in [6.45, 7) is 6.07. The molecule has 2 heterocycles. The van der Waals surface area contributed by atoms with Gasteiger partial charge in [-0.2, -0.15) is 0 Å². The van der Waals surface area contributed by atoms with Crippen LogP contribution in [-0.2, 0) is 4.74 Å². The Morgan fingerprint density at radius 3 is 2.76 bits per heavy atom. The Morgan fingerprint density at radius 2 is 2.12 bits per heavy atom. The zero-order valence-corrected chi connectivity index (χ0v) is 14.4. The van der Waals surface area contributed by atoms with Crippen LogP contribution in [-0.4, -0.2) is 46.0 Å². The molecule has 134 valence electrons. The number of hydrogen-bond acceptors (Lipinski definition) is 6. The molecule has 0 saturated carbocycles. The molecule has 2 aliphatic rings. The van der Waals surface area contributed by atoms with Gasteiger partial charge in [0.05, 0.1) is 23.5 Å². The van der Waals surface area contributed by atoms with E-state index in [2.05, 4.69) is 0 Å². The van der Waals surface area contributed by atoms with Gasteiger partial charge >= 0.3 is 6.09 Å². The molecule has 3 rings (SSSR count). The van der Waals surface area contributed by atoms with E-state index in [0.717, 1.165) is 0 Å². The maximum atomic E-state index is 12.5. The lowest BCUT2D eigenvalue weighted by atomic mass is 9.89. The van der Waals surface area contributed by atoms with Crippen molar-refractivity contribution in [3.63, 3.8) is 0 Å². The number of non-ortho nitro benzene ring substituents is 1. The van der Waals surface area contributed by atoms with E-state index in [4.69, 9.17) is 9.47 Å². The first-order valence-electron chi connectivity index (χ1n) is 8.07. The SMILES string of the molecule is CC(C)(C)OC(=O)N1CC[C@@]2(CC(=O)c3cc([N+](=O)[O-])ccc3O2)C1. The minimum Gasteiger partial charge on any atom is -0.484 e. The molecular weight excluding hydrogens is 328 g/mol. The minimum atomic E-state index is -0.795. The number of benzene rings is 1. The number of Topliss-reactive ketones (excluding diaryl/α,β-unsaturated/α-hetero) is 1. The molecule has 1 aromatic rings. The largest absolute Gasteiger partial charge is 0.484 e. The highest BCUT2D eigenvalue weighted by atomic mass is 16.6. The summed E-state index contributed by atoms with van der Waals surface area (Å²) in [5, 5.41) is 10.9. The average Bonchev–Trinajstić information content (AvgIpc) is 2.88. The minimum absolute atomic E-state index is 0.0838. The van der Waals surface area contributed by atoms with Crippen LogP contribution < -0.4 is 4.74 Å². The van der Waals surface area contributed by atoms with Gasteiger partial charge in [0.2, 0.25) is 0 Å². The summed E-state index contributed by atoms with van der Waals surface area (Å²) in [6.07, 6.45) is 0.157. The van der Waals surface area contributed by atoms with Crippen molar-refractivity contribution in [2.24, 2.45) is 0 Å². The number of fused-ring (bicyclic) bond motifs is 1. The van der Waals surface area contributed by atoms with Crippen LogP contribution in [0.2, 0.25) is 0 Å². The second kappa shape index (κ2) is 5.72. The maximum Gasteiger partial charge on any atom is 0.410 e. The molecular formula is C17H20N2O6. The van der Waals surface area contributed by atoms with Crippen molar-refractivity contribution in [2.45, 2.75) is 44.8 Å². The van der Waals surface area contributed by atoms with Crippen molar-refractivity contribution >= 4 is 17.6 Å². The Kier molecular flexibility index (Phi) is 3.93. The Balaban J connectivity index is 1.79. The number of likely N-dealkylation sites (tertiary alicyclic amines) is 1. The van der Waals surface area contributed by atoms with E-state index in [1.807, 2.05) is 0 Å². The van der Waals surface area contributed by atoms with Crippen LogP contribution in [0.15, 0.2) is 18.2 Å². The molecule has 1 aromatic carbocycles.